The predicted molar refractivity (Wildman–Crippen MR) is 103 cm³/mol. The SMILES string of the molecule is CCCCOc1ccc(/C=C2\C(=O)NN(c3ccccc3)C2=O)cc1OC. The molecule has 1 aliphatic heterocycles. The highest BCUT2D eigenvalue weighted by molar-refractivity contribution is 6.31. The standard InChI is InChI=1S/C21H22N2O4/c1-3-4-12-27-18-11-10-15(14-19(18)26-2)13-17-20(24)22-23(21(17)25)16-8-6-5-7-9-16/h5-11,13-14H,3-4,12H2,1-2H3,(H,22,24)/b17-13+. The summed E-state index contributed by atoms with van der Waals surface area (Å²) in [6.45, 7) is 2.71. The van der Waals surface area contributed by atoms with E-state index in [4.69, 9.17) is 9.47 Å². The van der Waals surface area contributed by atoms with Crippen molar-refractivity contribution < 1.29 is 19.1 Å². The molecule has 140 valence electrons. The first-order valence-corrected chi connectivity index (χ1v) is 8.87. The number of rotatable bonds is 7. The lowest BCUT2D eigenvalue weighted by molar-refractivity contribution is -0.117. The normalized spacial score (nSPS) is 15.2. The van der Waals surface area contributed by atoms with Gasteiger partial charge in [-0.25, -0.2) is 5.01 Å². The first-order chi connectivity index (χ1) is 13.1. The van der Waals surface area contributed by atoms with Gasteiger partial charge in [-0.15, -0.1) is 0 Å². The number of para-hydroxylation sites is 1. The minimum absolute atomic E-state index is 0.0700. The molecule has 0 bridgehead atoms. The molecule has 2 aromatic carbocycles. The zero-order chi connectivity index (χ0) is 19.2. The maximum absolute atomic E-state index is 12.6. The van der Waals surface area contributed by atoms with Crippen LogP contribution >= 0.6 is 0 Å². The molecule has 2 aromatic rings. The summed E-state index contributed by atoms with van der Waals surface area (Å²) in [5.41, 5.74) is 3.95. The lowest BCUT2D eigenvalue weighted by Crippen LogP contribution is -2.35. The van der Waals surface area contributed by atoms with Crippen LogP contribution in [0, 0.1) is 0 Å². The van der Waals surface area contributed by atoms with E-state index in [0.717, 1.165) is 12.8 Å². The average molecular weight is 366 g/mol. The van der Waals surface area contributed by atoms with Gasteiger partial charge in [0.1, 0.15) is 5.57 Å². The number of carbonyl (C=O) groups is 2. The Morgan fingerprint density at radius 2 is 1.85 bits per heavy atom. The van der Waals surface area contributed by atoms with E-state index in [1.807, 2.05) is 6.07 Å². The minimum Gasteiger partial charge on any atom is -0.493 e. The molecule has 6 nitrogen and oxygen atoms in total. The fraction of sp³-hybridized carbons (Fsp3) is 0.238. The lowest BCUT2D eigenvalue weighted by atomic mass is 10.1. The molecule has 1 fully saturated rings. The van der Waals surface area contributed by atoms with Crippen molar-refractivity contribution in [3.8, 4) is 11.5 Å². The summed E-state index contributed by atoms with van der Waals surface area (Å²) >= 11 is 0. The summed E-state index contributed by atoms with van der Waals surface area (Å²) in [5.74, 6) is 0.368. The third-order valence-electron chi connectivity index (χ3n) is 4.16. The molecule has 0 unspecified atom stereocenters. The van der Waals surface area contributed by atoms with Gasteiger partial charge in [-0.3, -0.25) is 15.0 Å². The maximum Gasteiger partial charge on any atom is 0.282 e. The predicted octanol–water partition coefficient (Wildman–Crippen LogP) is 3.34. The number of hydrogen-bond donors (Lipinski definition) is 1. The van der Waals surface area contributed by atoms with Crippen LogP contribution < -0.4 is 19.9 Å². The summed E-state index contributed by atoms with van der Waals surface area (Å²) in [5, 5.41) is 1.24. The topological polar surface area (TPSA) is 67.9 Å². The number of amides is 2. The van der Waals surface area contributed by atoms with E-state index in [1.54, 1.807) is 55.7 Å². The van der Waals surface area contributed by atoms with E-state index < -0.39 is 11.8 Å². The largest absolute Gasteiger partial charge is 0.493 e. The van der Waals surface area contributed by atoms with Crippen LogP contribution in [-0.4, -0.2) is 25.5 Å². The molecule has 0 radical (unpaired) electrons. The molecule has 0 aliphatic carbocycles. The number of nitrogens with zero attached hydrogens (tertiary/aromatic N) is 1. The van der Waals surface area contributed by atoms with Gasteiger partial charge in [-0.2, -0.15) is 0 Å². The van der Waals surface area contributed by atoms with E-state index in [0.29, 0.717) is 29.4 Å². The molecule has 0 saturated carbocycles. The van der Waals surface area contributed by atoms with Crippen molar-refractivity contribution in [1.82, 2.24) is 5.43 Å². The second-order valence-corrected chi connectivity index (χ2v) is 6.09. The molecule has 1 N–H and O–H groups in total. The molecule has 3 rings (SSSR count). The van der Waals surface area contributed by atoms with Crippen molar-refractivity contribution in [3.05, 3.63) is 59.7 Å². The number of benzene rings is 2. The molecule has 27 heavy (non-hydrogen) atoms. The Morgan fingerprint density at radius 3 is 2.56 bits per heavy atom. The molecule has 1 heterocycles. The fourth-order valence-corrected chi connectivity index (χ4v) is 2.70. The van der Waals surface area contributed by atoms with Crippen LogP contribution in [0.2, 0.25) is 0 Å². The monoisotopic (exact) mass is 366 g/mol. The molecule has 2 amide bonds. The second kappa shape index (κ2) is 8.40. The van der Waals surface area contributed by atoms with Gasteiger partial charge in [0.05, 0.1) is 19.4 Å². The number of hydrazine groups is 1. The highest BCUT2D eigenvalue weighted by atomic mass is 16.5. The molecule has 0 spiro atoms. The summed E-state index contributed by atoms with van der Waals surface area (Å²) in [4.78, 5) is 24.9. The van der Waals surface area contributed by atoms with Crippen LogP contribution in [0.15, 0.2) is 54.1 Å². The number of unbranched alkanes of at least 4 members (excludes halogenated alkanes) is 1. The number of methoxy groups -OCH3 is 1. The zero-order valence-corrected chi connectivity index (χ0v) is 15.4. The molecule has 1 aliphatic rings. The van der Waals surface area contributed by atoms with Crippen LogP contribution in [0.1, 0.15) is 25.3 Å². The van der Waals surface area contributed by atoms with Crippen molar-refractivity contribution >= 4 is 23.6 Å². The van der Waals surface area contributed by atoms with Crippen molar-refractivity contribution in [3.63, 3.8) is 0 Å². The number of carbonyl (C=O) groups excluding carboxylic acids is 2. The lowest BCUT2D eigenvalue weighted by Gasteiger charge is -2.14. The second-order valence-electron chi connectivity index (χ2n) is 6.09. The Kier molecular flexibility index (Phi) is 5.76. The van der Waals surface area contributed by atoms with Gasteiger partial charge in [0.2, 0.25) is 0 Å². The Hall–Kier alpha value is -3.28. The molecule has 0 aromatic heterocycles. The van der Waals surface area contributed by atoms with E-state index >= 15 is 0 Å². The van der Waals surface area contributed by atoms with Gasteiger partial charge in [-0.1, -0.05) is 37.6 Å². The first-order valence-electron chi connectivity index (χ1n) is 8.87. The average Bonchev–Trinajstić information content (AvgIpc) is 2.98. The van der Waals surface area contributed by atoms with Gasteiger partial charge in [0, 0.05) is 0 Å². The number of hydrogen-bond acceptors (Lipinski definition) is 4. The molecule has 1 saturated heterocycles. The molecule has 0 atom stereocenters. The van der Waals surface area contributed by atoms with Crippen molar-refractivity contribution in [2.45, 2.75) is 19.8 Å². The summed E-state index contributed by atoms with van der Waals surface area (Å²) < 4.78 is 11.1. The smallest absolute Gasteiger partial charge is 0.282 e. The van der Waals surface area contributed by atoms with Gasteiger partial charge in [-0.05, 0) is 42.3 Å². The van der Waals surface area contributed by atoms with Crippen LogP contribution in [0.3, 0.4) is 0 Å². The Morgan fingerprint density at radius 1 is 1.07 bits per heavy atom. The van der Waals surface area contributed by atoms with Gasteiger partial charge >= 0.3 is 0 Å². The quantitative estimate of drug-likeness (QED) is 0.464. The van der Waals surface area contributed by atoms with Gasteiger partial charge in [0.25, 0.3) is 11.8 Å². The van der Waals surface area contributed by atoms with Crippen LogP contribution in [0.5, 0.6) is 11.5 Å². The minimum atomic E-state index is -0.439. The number of anilines is 1. The highest BCUT2D eigenvalue weighted by Gasteiger charge is 2.34. The maximum atomic E-state index is 12.6. The number of nitrogens with one attached hydrogen (secondary N) is 1. The summed E-state index contributed by atoms with van der Waals surface area (Å²) in [6.07, 6.45) is 3.56. The van der Waals surface area contributed by atoms with E-state index in [-0.39, 0.29) is 5.57 Å². The van der Waals surface area contributed by atoms with Gasteiger partial charge in [0.15, 0.2) is 11.5 Å². The fourth-order valence-electron chi connectivity index (χ4n) is 2.70. The van der Waals surface area contributed by atoms with Crippen molar-refractivity contribution in [1.29, 1.82) is 0 Å². The Bertz CT molecular complexity index is 862. The number of ether oxygens (including phenoxy) is 2. The highest BCUT2D eigenvalue weighted by Crippen LogP contribution is 2.30. The van der Waals surface area contributed by atoms with Gasteiger partial charge < -0.3 is 9.47 Å². The summed E-state index contributed by atoms with van der Waals surface area (Å²) in [7, 11) is 1.56. The molecular weight excluding hydrogens is 344 g/mol. The molecule has 6 heteroatoms. The molecular formula is C21H22N2O4. The van der Waals surface area contributed by atoms with Crippen molar-refractivity contribution in [2.75, 3.05) is 18.7 Å². The third kappa shape index (κ3) is 4.11. The van der Waals surface area contributed by atoms with Crippen molar-refractivity contribution in [2.24, 2.45) is 0 Å². The van der Waals surface area contributed by atoms with Crippen LogP contribution in [0.4, 0.5) is 5.69 Å². The van der Waals surface area contributed by atoms with Crippen LogP contribution in [-0.2, 0) is 9.59 Å². The van der Waals surface area contributed by atoms with Crippen LogP contribution in [0.25, 0.3) is 6.08 Å². The summed E-state index contributed by atoms with van der Waals surface area (Å²) in [6, 6.07) is 14.3. The third-order valence-corrected chi connectivity index (χ3v) is 4.16. The van der Waals surface area contributed by atoms with E-state index in [9.17, 15) is 9.59 Å². The Labute approximate surface area is 158 Å². The van der Waals surface area contributed by atoms with E-state index in [2.05, 4.69) is 12.3 Å². The Balaban J connectivity index is 1.83. The van der Waals surface area contributed by atoms with E-state index in [1.165, 1.54) is 5.01 Å². The zero-order valence-electron chi connectivity index (χ0n) is 15.4. The first kappa shape index (κ1) is 18.5.